The van der Waals surface area contributed by atoms with Crippen molar-refractivity contribution in [2.75, 3.05) is 6.26 Å². The number of rotatable bonds is 3. The van der Waals surface area contributed by atoms with Crippen LogP contribution in [0.4, 0.5) is 0 Å². The van der Waals surface area contributed by atoms with Gasteiger partial charge in [0.1, 0.15) is 0 Å². The highest BCUT2D eigenvalue weighted by Gasteiger charge is 2.24. The average Bonchev–Trinajstić information content (AvgIpc) is 2.70. The zero-order valence-corrected chi connectivity index (χ0v) is 13.3. The van der Waals surface area contributed by atoms with Crippen molar-refractivity contribution in [2.24, 2.45) is 0 Å². The summed E-state index contributed by atoms with van der Waals surface area (Å²) in [6, 6.07) is 6.42. The summed E-state index contributed by atoms with van der Waals surface area (Å²) in [6.45, 7) is 6.10. The van der Waals surface area contributed by atoms with E-state index in [-0.39, 0.29) is 10.3 Å². The van der Waals surface area contributed by atoms with Gasteiger partial charge in [0.25, 0.3) is 0 Å². The van der Waals surface area contributed by atoms with Crippen LogP contribution >= 0.6 is 0 Å². The predicted octanol–water partition coefficient (Wildman–Crippen LogP) is 1.59. The first-order valence-electron chi connectivity index (χ1n) is 6.45. The van der Waals surface area contributed by atoms with Crippen molar-refractivity contribution >= 4 is 9.84 Å². The summed E-state index contributed by atoms with van der Waals surface area (Å²) in [5, 5.41) is 3.82. The molecule has 2 rings (SSSR count). The standard InChI is InChI=1S/C14H18N2O4S/c1-14(2,3)12-15-20-13(17)16(12)9-10-5-7-11(8-6-10)21(4,18)19/h5-8H,9H2,1-4H3. The maximum Gasteiger partial charge on any atom is 0.441 e. The third-order valence-corrected chi connectivity index (χ3v) is 4.18. The summed E-state index contributed by atoms with van der Waals surface area (Å²) < 4.78 is 29.0. The van der Waals surface area contributed by atoms with Crippen LogP contribution < -0.4 is 5.76 Å². The van der Waals surface area contributed by atoms with E-state index in [1.54, 1.807) is 12.1 Å². The Morgan fingerprint density at radius 1 is 1.19 bits per heavy atom. The molecule has 6 nitrogen and oxygen atoms in total. The van der Waals surface area contributed by atoms with Crippen molar-refractivity contribution in [1.29, 1.82) is 0 Å². The van der Waals surface area contributed by atoms with Gasteiger partial charge in [0, 0.05) is 11.7 Å². The highest BCUT2D eigenvalue weighted by Crippen LogP contribution is 2.20. The lowest BCUT2D eigenvalue weighted by Crippen LogP contribution is -2.25. The summed E-state index contributed by atoms with van der Waals surface area (Å²) >= 11 is 0. The number of sulfone groups is 1. The molecule has 0 saturated carbocycles. The van der Waals surface area contributed by atoms with E-state index in [4.69, 9.17) is 4.52 Å². The highest BCUT2D eigenvalue weighted by atomic mass is 32.2. The number of nitrogens with zero attached hydrogens (tertiary/aromatic N) is 2. The summed E-state index contributed by atoms with van der Waals surface area (Å²) in [7, 11) is -3.22. The second kappa shape index (κ2) is 5.14. The molecule has 0 spiro atoms. The monoisotopic (exact) mass is 310 g/mol. The molecular weight excluding hydrogens is 292 g/mol. The first kappa shape index (κ1) is 15.5. The van der Waals surface area contributed by atoms with Gasteiger partial charge < -0.3 is 0 Å². The highest BCUT2D eigenvalue weighted by molar-refractivity contribution is 7.90. The Morgan fingerprint density at radius 3 is 2.24 bits per heavy atom. The van der Waals surface area contributed by atoms with Gasteiger partial charge in [-0.25, -0.2) is 13.2 Å². The summed E-state index contributed by atoms with van der Waals surface area (Å²) in [5.74, 6) is 0.0341. The quantitative estimate of drug-likeness (QED) is 0.859. The molecular formula is C14H18N2O4S. The molecule has 0 aliphatic carbocycles. The molecule has 0 radical (unpaired) electrons. The van der Waals surface area contributed by atoms with Crippen molar-refractivity contribution in [3.05, 3.63) is 46.2 Å². The number of aromatic nitrogens is 2. The second-order valence-corrected chi connectivity index (χ2v) is 8.04. The van der Waals surface area contributed by atoms with Gasteiger partial charge in [0.2, 0.25) is 0 Å². The molecule has 0 N–H and O–H groups in total. The Morgan fingerprint density at radius 2 is 1.76 bits per heavy atom. The average molecular weight is 310 g/mol. The van der Waals surface area contributed by atoms with Gasteiger partial charge in [-0.3, -0.25) is 9.09 Å². The number of benzene rings is 1. The smallest absolute Gasteiger partial charge is 0.296 e. The lowest BCUT2D eigenvalue weighted by Gasteiger charge is -2.17. The zero-order chi connectivity index (χ0) is 15.8. The minimum atomic E-state index is -3.22. The molecule has 2 aromatic rings. The molecule has 0 atom stereocenters. The Kier molecular flexibility index (Phi) is 3.79. The first-order valence-corrected chi connectivity index (χ1v) is 8.34. The SMILES string of the molecule is CC(C)(C)c1noc(=O)n1Cc1ccc(S(C)(=O)=O)cc1. The Labute approximate surface area is 123 Å². The molecule has 21 heavy (non-hydrogen) atoms. The third kappa shape index (κ3) is 3.41. The molecule has 1 aromatic carbocycles. The minimum absolute atomic E-state index is 0.250. The van der Waals surface area contributed by atoms with Crippen molar-refractivity contribution in [1.82, 2.24) is 9.72 Å². The van der Waals surface area contributed by atoms with Gasteiger partial charge in [0.15, 0.2) is 15.7 Å². The second-order valence-electron chi connectivity index (χ2n) is 6.02. The fourth-order valence-corrected chi connectivity index (χ4v) is 2.60. The topological polar surface area (TPSA) is 82.2 Å². The van der Waals surface area contributed by atoms with Gasteiger partial charge in [-0.05, 0) is 17.7 Å². The van der Waals surface area contributed by atoms with E-state index in [0.717, 1.165) is 11.8 Å². The fraction of sp³-hybridized carbons (Fsp3) is 0.429. The van der Waals surface area contributed by atoms with Gasteiger partial charge >= 0.3 is 5.76 Å². The Balaban J connectivity index is 2.36. The molecule has 0 bridgehead atoms. The van der Waals surface area contributed by atoms with Crippen LogP contribution in [0.5, 0.6) is 0 Å². The van der Waals surface area contributed by atoms with E-state index in [0.29, 0.717) is 12.4 Å². The van der Waals surface area contributed by atoms with E-state index in [1.807, 2.05) is 20.8 Å². The molecule has 1 heterocycles. The third-order valence-electron chi connectivity index (χ3n) is 3.05. The van der Waals surface area contributed by atoms with E-state index in [1.165, 1.54) is 16.7 Å². The number of hydrogen-bond acceptors (Lipinski definition) is 5. The molecule has 1 aromatic heterocycles. The molecule has 0 aliphatic rings. The van der Waals surface area contributed by atoms with Crippen molar-refractivity contribution in [3.8, 4) is 0 Å². The van der Waals surface area contributed by atoms with E-state index in [9.17, 15) is 13.2 Å². The molecule has 0 aliphatic heterocycles. The lowest BCUT2D eigenvalue weighted by molar-refractivity contribution is 0.367. The first-order chi connectivity index (χ1) is 9.59. The maximum absolute atomic E-state index is 11.8. The van der Waals surface area contributed by atoms with Gasteiger partial charge in [-0.1, -0.05) is 38.1 Å². The zero-order valence-electron chi connectivity index (χ0n) is 12.5. The molecule has 0 amide bonds. The van der Waals surface area contributed by atoms with Crippen LogP contribution in [0.25, 0.3) is 0 Å². The molecule has 0 saturated heterocycles. The van der Waals surface area contributed by atoms with Gasteiger partial charge in [-0.15, -0.1) is 0 Å². The largest absolute Gasteiger partial charge is 0.441 e. The van der Waals surface area contributed by atoms with Crippen LogP contribution in [0.15, 0.2) is 38.5 Å². The molecule has 0 unspecified atom stereocenters. The van der Waals surface area contributed by atoms with Gasteiger partial charge in [-0.2, -0.15) is 0 Å². The van der Waals surface area contributed by atoms with E-state index >= 15 is 0 Å². The van der Waals surface area contributed by atoms with Crippen molar-refractivity contribution < 1.29 is 12.9 Å². The normalized spacial score (nSPS) is 12.6. The Hall–Kier alpha value is -1.89. The molecule has 0 fully saturated rings. The summed E-state index contributed by atoms with van der Waals surface area (Å²) in [6.07, 6.45) is 1.16. The summed E-state index contributed by atoms with van der Waals surface area (Å²) in [4.78, 5) is 12.0. The van der Waals surface area contributed by atoms with Crippen LogP contribution in [-0.2, 0) is 21.8 Å². The Bertz CT molecular complexity index is 793. The van der Waals surface area contributed by atoms with Crippen LogP contribution in [0.2, 0.25) is 0 Å². The van der Waals surface area contributed by atoms with E-state index in [2.05, 4.69) is 5.16 Å². The van der Waals surface area contributed by atoms with Crippen LogP contribution in [0, 0.1) is 0 Å². The molecule has 7 heteroatoms. The minimum Gasteiger partial charge on any atom is -0.296 e. The van der Waals surface area contributed by atoms with Crippen LogP contribution in [0.3, 0.4) is 0 Å². The molecule has 114 valence electrons. The number of hydrogen-bond donors (Lipinski definition) is 0. The van der Waals surface area contributed by atoms with Crippen LogP contribution in [-0.4, -0.2) is 24.4 Å². The van der Waals surface area contributed by atoms with Gasteiger partial charge in [0.05, 0.1) is 11.4 Å². The van der Waals surface area contributed by atoms with Crippen molar-refractivity contribution in [3.63, 3.8) is 0 Å². The fourth-order valence-electron chi connectivity index (χ4n) is 1.97. The maximum atomic E-state index is 11.8. The lowest BCUT2D eigenvalue weighted by atomic mass is 9.95. The predicted molar refractivity (Wildman–Crippen MR) is 78.1 cm³/mol. The van der Waals surface area contributed by atoms with E-state index < -0.39 is 15.6 Å². The van der Waals surface area contributed by atoms with Crippen molar-refractivity contribution in [2.45, 2.75) is 37.6 Å². The summed E-state index contributed by atoms with van der Waals surface area (Å²) in [5.41, 5.74) is 0.483. The van der Waals surface area contributed by atoms with Crippen LogP contribution in [0.1, 0.15) is 32.2 Å².